The van der Waals surface area contributed by atoms with E-state index in [0.29, 0.717) is 0 Å². The topological polar surface area (TPSA) is 17.8 Å². The predicted octanol–water partition coefficient (Wildman–Crippen LogP) is 3.70. The lowest BCUT2D eigenvalue weighted by Crippen LogP contribution is -2.14. The number of benzene rings is 1. The van der Waals surface area contributed by atoms with Gasteiger partial charge in [-0.25, -0.2) is 4.98 Å². The molecule has 0 amide bonds. The average Bonchev–Trinajstić information content (AvgIpc) is 2.47. The van der Waals surface area contributed by atoms with E-state index in [2.05, 4.69) is 56.3 Å². The maximum Gasteiger partial charge on any atom is 0.0958 e. The Morgan fingerprint density at radius 2 is 1.75 bits per heavy atom. The van der Waals surface area contributed by atoms with Gasteiger partial charge in [-0.2, -0.15) is 0 Å². The normalized spacial score (nSPS) is 12.3. The molecule has 2 heteroatoms. The van der Waals surface area contributed by atoms with Gasteiger partial charge in [-0.3, -0.25) is 0 Å². The average molecular weight is 216 g/mol. The molecule has 0 aliphatic rings. The molecule has 2 rings (SSSR count). The number of rotatable bonds is 1. The molecular weight excluding hydrogens is 196 g/mol. The molecule has 0 saturated heterocycles. The first-order valence-electron chi connectivity index (χ1n) is 5.79. The first-order valence-corrected chi connectivity index (χ1v) is 5.79. The van der Waals surface area contributed by atoms with E-state index in [1.165, 1.54) is 16.6 Å². The first-order chi connectivity index (χ1) is 7.37. The second-order valence-corrected chi connectivity index (χ2v) is 5.86. The lowest BCUT2D eigenvalue weighted by atomic mass is 9.97. The Balaban J connectivity index is 2.52. The zero-order valence-corrected chi connectivity index (χ0v) is 10.8. The molecule has 1 aromatic heterocycles. The third-order valence-electron chi connectivity index (χ3n) is 2.88. The van der Waals surface area contributed by atoms with Gasteiger partial charge in [0.05, 0.1) is 17.4 Å². The number of aryl methyl sites for hydroxylation is 2. The van der Waals surface area contributed by atoms with E-state index in [-0.39, 0.29) is 5.41 Å². The summed E-state index contributed by atoms with van der Waals surface area (Å²) in [5.74, 6) is 0. The van der Waals surface area contributed by atoms with Gasteiger partial charge in [-0.1, -0.05) is 20.8 Å². The molecule has 2 nitrogen and oxygen atoms in total. The highest BCUT2D eigenvalue weighted by Crippen LogP contribution is 2.22. The van der Waals surface area contributed by atoms with Crippen molar-refractivity contribution in [3.8, 4) is 0 Å². The van der Waals surface area contributed by atoms with Gasteiger partial charge in [-0.15, -0.1) is 0 Å². The quantitative estimate of drug-likeness (QED) is 0.710. The second kappa shape index (κ2) is 3.62. The maximum absolute atomic E-state index is 4.47. The number of hydrogen-bond acceptors (Lipinski definition) is 1. The fraction of sp³-hybridized carbons (Fsp3) is 0.500. The van der Waals surface area contributed by atoms with E-state index in [1.54, 1.807) is 0 Å². The van der Waals surface area contributed by atoms with Crippen LogP contribution in [0.15, 0.2) is 18.5 Å². The summed E-state index contributed by atoms with van der Waals surface area (Å²) < 4.78 is 2.25. The minimum Gasteiger partial charge on any atom is -0.330 e. The molecule has 1 aromatic carbocycles. The van der Waals surface area contributed by atoms with Crippen LogP contribution in [-0.4, -0.2) is 9.55 Å². The third-order valence-corrected chi connectivity index (χ3v) is 2.88. The molecule has 2 aromatic rings. The van der Waals surface area contributed by atoms with E-state index in [9.17, 15) is 0 Å². The zero-order chi connectivity index (χ0) is 11.9. The summed E-state index contributed by atoms with van der Waals surface area (Å²) in [6.07, 6.45) is 1.95. The summed E-state index contributed by atoms with van der Waals surface area (Å²) in [4.78, 5) is 4.47. The van der Waals surface area contributed by atoms with Crippen molar-refractivity contribution in [1.82, 2.24) is 9.55 Å². The molecule has 0 unspecified atom stereocenters. The van der Waals surface area contributed by atoms with Crippen LogP contribution in [0.25, 0.3) is 11.0 Å². The highest BCUT2D eigenvalue weighted by Gasteiger charge is 2.13. The predicted molar refractivity (Wildman–Crippen MR) is 68.7 cm³/mol. The van der Waals surface area contributed by atoms with Crippen molar-refractivity contribution in [2.24, 2.45) is 5.41 Å². The molecule has 1 heterocycles. The Bertz CT molecular complexity index is 515. The Kier molecular flexibility index (Phi) is 2.53. The molecule has 0 saturated carbocycles. The van der Waals surface area contributed by atoms with Crippen LogP contribution in [0.5, 0.6) is 0 Å². The molecule has 16 heavy (non-hydrogen) atoms. The number of aromatic nitrogens is 2. The molecular formula is C14H20N2. The molecule has 0 aliphatic carbocycles. The molecule has 86 valence electrons. The fourth-order valence-electron chi connectivity index (χ4n) is 1.95. The van der Waals surface area contributed by atoms with Gasteiger partial charge < -0.3 is 4.57 Å². The number of fused-ring (bicyclic) bond motifs is 1. The minimum atomic E-state index is 0.284. The van der Waals surface area contributed by atoms with Crippen molar-refractivity contribution in [3.63, 3.8) is 0 Å². The molecule has 0 fully saturated rings. The van der Waals surface area contributed by atoms with Crippen molar-refractivity contribution < 1.29 is 0 Å². The third kappa shape index (κ3) is 2.11. The molecule has 0 spiro atoms. The van der Waals surface area contributed by atoms with Crippen LogP contribution in [-0.2, 0) is 6.54 Å². The summed E-state index contributed by atoms with van der Waals surface area (Å²) in [5, 5.41) is 0. The Morgan fingerprint density at radius 3 is 2.38 bits per heavy atom. The summed E-state index contributed by atoms with van der Waals surface area (Å²) >= 11 is 0. The van der Waals surface area contributed by atoms with Crippen LogP contribution in [0.3, 0.4) is 0 Å². The van der Waals surface area contributed by atoms with Gasteiger partial charge in [0.25, 0.3) is 0 Å². The van der Waals surface area contributed by atoms with E-state index in [4.69, 9.17) is 0 Å². The van der Waals surface area contributed by atoms with Crippen molar-refractivity contribution in [2.45, 2.75) is 41.2 Å². The molecule has 0 aliphatic heterocycles. The van der Waals surface area contributed by atoms with Crippen LogP contribution in [0.1, 0.15) is 31.9 Å². The summed E-state index contributed by atoms with van der Waals surface area (Å²) in [6, 6.07) is 4.41. The Hall–Kier alpha value is -1.31. The number of imidazole rings is 1. The van der Waals surface area contributed by atoms with Gasteiger partial charge in [0.2, 0.25) is 0 Å². The van der Waals surface area contributed by atoms with Gasteiger partial charge in [-0.05, 0) is 42.5 Å². The summed E-state index contributed by atoms with van der Waals surface area (Å²) in [7, 11) is 0. The Morgan fingerprint density at radius 1 is 1.12 bits per heavy atom. The standard InChI is InChI=1S/C14H20N2/c1-10-6-12-13(7-11(10)2)16(9-15-12)8-14(3,4)5/h6-7,9H,8H2,1-5H3. The van der Waals surface area contributed by atoms with Crippen molar-refractivity contribution >= 4 is 11.0 Å². The SMILES string of the molecule is Cc1cc2ncn(CC(C)(C)C)c2cc1C. The van der Waals surface area contributed by atoms with E-state index >= 15 is 0 Å². The number of nitrogens with zero attached hydrogens (tertiary/aromatic N) is 2. The van der Waals surface area contributed by atoms with Crippen molar-refractivity contribution in [2.75, 3.05) is 0 Å². The van der Waals surface area contributed by atoms with Crippen molar-refractivity contribution in [3.05, 3.63) is 29.6 Å². The maximum atomic E-state index is 4.47. The molecule has 0 radical (unpaired) electrons. The monoisotopic (exact) mass is 216 g/mol. The molecule has 0 N–H and O–H groups in total. The smallest absolute Gasteiger partial charge is 0.0958 e. The van der Waals surface area contributed by atoms with Crippen LogP contribution in [0, 0.1) is 19.3 Å². The summed E-state index contributed by atoms with van der Waals surface area (Å²) in [6.45, 7) is 12.0. The fourth-order valence-corrected chi connectivity index (χ4v) is 1.95. The first kappa shape index (κ1) is 11.2. The van der Waals surface area contributed by atoms with E-state index in [1.807, 2.05) is 6.33 Å². The lowest BCUT2D eigenvalue weighted by molar-refractivity contribution is 0.348. The van der Waals surface area contributed by atoms with Crippen LogP contribution >= 0.6 is 0 Å². The lowest BCUT2D eigenvalue weighted by Gasteiger charge is -2.19. The largest absolute Gasteiger partial charge is 0.330 e. The van der Waals surface area contributed by atoms with Crippen LogP contribution in [0.4, 0.5) is 0 Å². The van der Waals surface area contributed by atoms with Crippen molar-refractivity contribution in [1.29, 1.82) is 0 Å². The Labute approximate surface area is 97.3 Å². The second-order valence-electron chi connectivity index (χ2n) is 5.86. The van der Waals surface area contributed by atoms with Gasteiger partial charge >= 0.3 is 0 Å². The van der Waals surface area contributed by atoms with Gasteiger partial charge in [0.15, 0.2) is 0 Å². The van der Waals surface area contributed by atoms with Crippen LogP contribution < -0.4 is 0 Å². The van der Waals surface area contributed by atoms with Gasteiger partial charge in [0, 0.05) is 6.54 Å². The molecule has 0 atom stereocenters. The van der Waals surface area contributed by atoms with E-state index < -0.39 is 0 Å². The highest BCUT2D eigenvalue weighted by molar-refractivity contribution is 5.77. The minimum absolute atomic E-state index is 0.284. The van der Waals surface area contributed by atoms with Crippen LogP contribution in [0.2, 0.25) is 0 Å². The highest BCUT2D eigenvalue weighted by atomic mass is 15.0. The number of hydrogen-bond donors (Lipinski definition) is 0. The zero-order valence-electron chi connectivity index (χ0n) is 10.8. The van der Waals surface area contributed by atoms with Gasteiger partial charge in [0.1, 0.15) is 0 Å². The summed E-state index contributed by atoms with van der Waals surface area (Å²) in [5.41, 5.74) is 5.29. The molecule has 0 bridgehead atoms. The van der Waals surface area contributed by atoms with E-state index in [0.717, 1.165) is 12.1 Å².